The number of amides is 1. The number of carbonyl (C=O) groups is 1. The van der Waals surface area contributed by atoms with Crippen LogP contribution in [-0.2, 0) is 14.8 Å². The van der Waals surface area contributed by atoms with Crippen LogP contribution in [0.15, 0.2) is 53.4 Å². The Balaban J connectivity index is 2.45. The molecule has 5 nitrogen and oxygen atoms in total. The van der Waals surface area contributed by atoms with Crippen molar-refractivity contribution in [3.05, 3.63) is 59.7 Å². The number of carbonyl (C=O) groups excluding carboxylic acids is 1. The minimum absolute atomic E-state index is 0.0108. The van der Waals surface area contributed by atoms with E-state index < -0.39 is 10.0 Å². The van der Waals surface area contributed by atoms with E-state index in [0.717, 1.165) is 17.5 Å². The summed E-state index contributed by atoms with van der Waals surface area (Å²) in [6, 6.07) is 13.8. The number of benzene rings is 2. The van der Waals surface area contributed by atoms with E-state index in [4.69, 9.17) is 0 Å². The SMILES string of the molecule is CC[C@@H](C)NC(=O)CN(c1ccccc1C)S(=O)(=O)c1ccc(C)cc1. The van der Waals surface area contributed by atoms with Crippen molar-refractivity contribution < 1.29 is 13.2 Å². The maximum atomic E-state index is 13.2. The number of hydrogen-bond donors (Lipinski definition) is 1. The molecule has 26 heavy (non-hydrogen) atoms. The highest BCUT2D eigenvalue weighted by molar-refractivity contribution is 7.92. The van der Waals surface area contributed by atoms with Crippen molar-refractivity contribution in [3.8, 4) is 0 Å². The van der Waals surface area contributed by atoms with Crippen molar-refractivity contribution in [1.29, 1.82) is 0 Å². The van der Waals surface area contributed by atoms with E-state index in [1.807, 2.05) is 39.8 Å². The van der Waals surface area contributed by atoms with Crippen LogP contribution in [0.5, 0.6) is 0 Å². The van der Waals surface area contributed by atoms with Gasteiger partial charge in [-0.05, 0) is 51.0 Å². The van der Waals surface area contributed by atoms with Crippen molar-refractivity contribution in [2.24, 2.45) is 0 Å². The van der Waals surface area contributed by atoms with Crippen LogP contribution in [0.1, 0.15) is 31.4 Å². The van der Waals surface area contributed by atoms with Gasteiger partial charge in [0.1, 0.15) is 6.54 Å². The van der Waals surface area contributed by atoms with Gasteiger partial charge in [0.2, 0.25) is 5.91 Å². The maximum absolute atomic E-state index is 13.2. The monoisotopic (exact) mass is 374 g/mol. The molecule has 0 heterocycles. The fourth-order valence-electron chi connectivity index (χ4n) is 2.53. The van der Waals surface area contributed by atoms with Gasteiger partial charge in [0.15, 0.2) is 0 Å². The van der Waals surface area contributed by atoms with E-state index in [9.17, 15) is 13.2 Å². The zero-order valence-electron chi connectivity index (χ0n) is 15.7. The third-order valence-electron chi connectivity index (χ3n) is 4.30. The summed E-state index contributed by atoms with van der Waals surface area (Å²) in [6.45, 7) is 7.33. The smallest absolute Gasteiger partial charge is 0.264 e. The number of anilines is 1. The highest BCUT2D eigenvalue weighted by Gasteiger charge is 2.28. The molecule has 140 valence electrons. The van der Waals surface area contributed by atoms with Crippen molar-refractivity contribution in [2.45, 2.75) is 45.1 Å². The van der Waals surface area contributed by atoms with Crippen LogP contribution in [0.3, 0.4) is 0 Å². The summed E-state index contributed by atoms with van der Waals surface area (Å²) >= 11 is 0. The lowest BCUT2D eigenvalue weighted by molar-refractivity contribution is -0.120. The van der Waals surface area contributed by atoms with Crippen molar-refractivity contribution in [2.75, 3.05) is 10.8 Å². The van der Waals surface area contributed by atoms with E-state index in [0.29, 0.717) is 5.69 Å². The number of nitrogens with zero attached hydrogens (tertiary/aromatic N) is 1. The summed E-state index contributed by atoms with van der Waals surface area (Å²) in [5.41, 5.74) is 2.27. The number of rotatable bonds is 7. The maximum Gasteiger partial charge on any atom is 0.264 e. The van der Waals surface area contributed by atoms with Crippen LogP contribution >= 0.6 is 0 Å². The minimum atomic E-state index is -3.86. The molecular formula is C20H26N2O3S. The molecule has 0 aliphatic heterocycles. The van der Waals surface area contributed by atoms with Gasteiger partial charge in [-0.15, -0.1) is 0 Å². The van der Waals surface area contributed by atoms with E-state index in [-0.39, 0.29) is 23.4 Å². The Kier molecular flexibility index (Phi) is 6.42. The number of para-hydroxylation sites is 1. The zero-order chi connectivity index (χ0) is 19.3. The molecule has 2 aromatic carbocycles. The fourth-order valence-corrected chi connectivity index (χ4v) is 4.02. The quantitative estimate of drug-likeness (QED) is 0.808. The molecule has 0 saturated carbocycles. The summed E-state index contributed by atoms with van der Waals surface area (Å²) in [6.07, 6.45) is 0.779. The van der Waals surface area contributed by atoms with Crippen molar-refractivity contribution in [3.63, 3.8) is 0 Å². The molecule has 1 N–H and O–H groups in total. The topological polar surface area (TPSA) is 66.5 Å². The Morgan fingerprint density at radius 3 is 2.27 bits per heavy atom. The van der Waals surface area contributed by atoms with Gasteiger partial charge in [0.05, 0.1) is 10.6 Å². The summed E-state index contributed by atoms with van der Waals surface area (Å²) in [4.78, 5) is 12.6. The van der Waals surface area contributed by atoms with E-state index in [1.165, 1.54) is 4.31 Å². The van der Waals surface area contributed by atoms with Gasteiger partial charge >= 0.3 is 0 Å². The average molecular weight is 375 g/mol. The molecule has 0 radical (unpaired) electrons. The van der Waals surface area contributed by atoms with Crippen LogP contribution in [0, 0.1) is 13.8 Å². The second kappa shape index (κ2) is 8.36. The van der Waals surface area contributed by atoms with Gasteiger partial charge in [0, 0.05) is 6.04 Å². The number of hydrogen-bond acceptors (Lipinski definition) is 3. The highest BCUT2D eigenvalue weighted by atomic mass is 32.2. The molecule has 0 saturated heterocycles. The molecule has 2 aromatic rings. The number of aryl methyl sites for hydroxylation is 2. The van der Waals surface area contributed by atoms with Gasteiger partial charge in [-0.2, -0.15) is 0 Å². The Morgan fingerprint density at radius 1 is 1.08 bits per heavy atom. The molecule has 1 atom stereocenters. The van der Waals surface area contributed by atoms with E-state index in [2.05, 4.69) is 5.32 Å². The zero-order valence-corrected chi connectivity index (χ0v) is 16.5. The highest BCUT2D eigenvalue weighted by Crippen LogP contribution is 2.26. The molecule has 0 spiro atoms. The van der Waals surface area contributed by atoms with Crippen LogP contribution in [0.25, 0.3) is 0 Å². The third-order valence-corrected chi connectivity index (χ3v) is 6.07. The molecule has 0 unspecified atom stereocenters. The summed E-state index contributed by atoms with van der Waals surface area (Å²) in [5.74, 6) is -0.321. The Labute approximate surface area is 156 Å². The first-order chi connectivity index (χ1) is 12.3. The molecule has 1 amide bonds. The predicted octanol–water partition coefficient (Wildman–Crippen LogP) is 3.41. The Hall–Kier alpha value is -2.34. The number of sulfonamides is 1. The first kappa shape index (κ1) is 20.0. The largest absolute Gasteiger partial charge is 0.352 e. The van der Waals surface area contributed by atoms with Crippen LogP contribution in [0.2, 0.25) is 0 Å². The molecular weight excluding hydrogens is 348 g/mol. The van der Waals surface area contributed by atoms with Crippen molar-refractivity contribution in [1.82, 2.24) is 5.32 Å². The average Bonchev–Trinajstić information content (AvgIpc) is 2.60. The second-order valence-corrected chi connectivity index (χ2v) is 8.35. The lowest BCUT2D eigenvalue weighted by Crippen LogP contribution is -2.43. The van der Waals surface area contributed by atoms with Gasteiger partial charge in [-0.1, -0.05) is 42.8 Å². The van der Waals surface area contributed by atoms with E-state index in [1.54, 1.807) is 36.4 Å². The minimum Gasteiger partial charge on any atom is -0.352 e. The Morgan fingerprint density at radius 2 is 1.69 bits per heavy atom. The van der Waals surface area contributed by atoms with Crippen molar-refractivity contribution >= 4 is 21.6 Å². The van der Waals surface area contributed by atoms with Crippen LogP contribution < -0.4 is 9.62 Å². The lowest BCUT2D eigenvalue weighted by atomic mass is 10.2. The first-order valence-corrected chi connectivity index (χ1v) is 10.1. The summed E-state index contributed by atoms with van der Waals surface area (Å²) < 4.78 is 27.7. The first-order valence-electron chi connectivity index (χ1n) is 8.70. The van der Waals surface area contributed by atoms with Crippen LogP contribution in [-0.4, -0.2) is 26.9 Å². The summed E-state index contributed by atoms with van der Waals surface area (Å²) in [5, 5.41) is 2.84. The molecule has 0 bridgehead atoms. The van der Waals surface area contributed by atoms with Gasteiger partial charge in [-0.3, -0.25) is 9.10 Å². The second-order valence-electron chi connectivity index (χ2n) is 6.49. The normalized spacial score (nSPS) is 12.5. The van der Waals surface area contributed by atoms with Crippen LogP contribution in [0.4, 0.5) is 5.69 Å². The van der Waals surface area contributed by atoms with Gasteiger partial charge in [0.25, 0.3) is 10.0 Å². The lowest BCUT2D eigenvalue weighted by Gasteiger charge is -2.26. The molecule has 0 aliphatic rings. The molecule has 0 fully saturated rings. The third kappa shape index (κ3) is 4.64. The van der Waals surface area contributed by atoms with Gasteiger partial charge < -0.3 is 5.32 Å². The molecule has 0 aromatic heterocycles. The molecule has 6 heteroatoms. The number of nitrogens with one attached hydrogen (secondary N) is 1. The fraction of sp³-hybridized carbons (Fsp3) is 0.350. The molecule has 2 rings (SSSR count). The molecule has 0 aliphatic carbocycles. The van der Waals surface area contributed by atoms with E-state index >= 15 is 0 Å². The summed E-state index contributed by atoms with van der Waals surface area (Å²) in [7, 11) is -3.86. The predicted molar refractivity (Wildman–Crippen MR) is 105 cm³/mol. The standard InChI is InChI=1S/C20H26N2O3S/c1-5-17(4)21-20(23)14-22(19-9-7-6-8-16(19)3)26(24,25)18-12-10-15(2)11-13-18/h6-13,17H,5,14H2,1-4H3,(H,21,23)/t17-/m1/s1. The Bertz CT molecular complexity index is 861. The van der Waals surface area contributed by atoms with Gasteiger partial charge in [-0.25, -0.2) is 8.42 Å².